The maximum absolute atomic E-state index is 12.9. The minimum absolute atomic E-state index is 0.0840. The number of aryl methyl sites for hydroxylation is 1. The Kier molecular flexibility index (Phi) is 6.09. The summed E-state index contributed by atoms with van der Waals surface area (Å²) < 4.78 is 39.4. The molecule has 20 heavy (non-hydrogen) atoms. The third-order valence-corrected chi connectivity index (χ3v) is 4.32. The SMILES string of the molecule is CC(=O)NCCCCNS(=O)(=O)c1ccc(F)cc1C. The Morgan fingerprint density at radius 2 is 1.90 bits per heavy atom. The van der Waals surface area contributed by atoms with Gasteiger partial charge in [-0.05, 0) is 43.5 Å². The van der Waals surface area contributed by atoms with Gasteiger partial charge in [-0.25, -0.2) is 17.5 Å². The van der Waals surface area contributed by atoms with Crippen molar-refractivity contribution in [1.29, 1.82) is 0 Å². The van der Waals surface area contributed by atoms with Gasteiger partial charge in [-0.15, -0.1) is 0 Å². The molecular formula is C13H19FN2O3S. The van der Waals surface area contributed by atoms with E-state index in [4.69, 9.17) is 0 Å². The molecule has 0 atom stereocenters. The predicted molar refractivity (Wildman–Crippen MR) is 74.2 cm³/mol. The maximum atomic E-state index is 12.9. The quantitative estimate of drug-likeness (QED) is 0.746. The largest absolute Gasteiger partial charge is 0.356 e. The predicted octanol–water partition coefficient (Wildman–Crippen LogP) is 1.33. The van der Waals surface area contributed by atoms with Gasteiger partial charge < -0.3 is 5.32 Å². The van der Waals surface area contributed by atoms with Gasteiger partial charge in [0, 0.05) is 20.0 Å². The van der Waals surface area contributed by atoms with Gasteiger partial charge in [-0.2, -0.15) is 0 Å². The lowest BCUT2D eigenvalue weighted by atomic mass is 10.2. The Bertz CT molecular complexity index is 573. The molecular weight excluding hydrogens is 283 g/mol. The Balaban J connectivity index is 2.48. The third-order valence-electron chi connectivity index (χ3n) is 2.70. The van der Waals surface area contributed by atoms with E-state index < -0.39 is 15.8 Å². The lowest BCUT2D eigenvalue weighted by Crippen LogP contribution is -2.27. The fraction of sp³-hybridized carbons (Fsp3) is 0.462. The van der Waals surface area contributed by atoms with Crippen LogP contribution in [0.5, 0.6) is 0 Å². The Labute approximate surface area is 118 Å². The number of carbonyl (C=O) groups excluding carboxylic acids is 1. The highest BCUT2D eigenvalue weighted by molar-refractivity contribution is 7.89. The first-order chi connectivity index (χ1) is 9.33. The normalized spacial score (nSPS) is 11.3. The molecule has 0 saturated carbocycles. The van der Waals surface area contributed by atoms with Crippen molar-refractivity contribution < 1.29 is 17.6 Å². The van der Waals surface area contributed by atoms with E-state index in [0.717, 1.165) is 6.07 Å². The molecule has 0 aliphatic carbocycles. The van der Waals surface area contributed by atoms with E-state index >= 15 is 0 Å². The van der Waals surface area contributed by atoms with Crippen molar-refractivity contribution in [2.24, 2.45) is 0 Å². The molecule has 1 aromatic rings. The molecule has 112 valence electrons. The number of hydrogen-bond acceptors (Lipinski definition) is 3. The molecule has 1 rings (SSSR count). The van der Waals surface area contributed by atoms with Crippen LogP contribution in [0.1, 0.15) is 25.3 Å². The van der Waals surface area contributed by atoms with Crippen LogP contribution in [0, 0.1) is 12.7 Å². The summed E-state index contributed by atoms with van der Waals surface area (Å²) in [4.78, 5) is 10.7. The van der Waals surface area contributed by atoms with Crippen molar-refractivity contribution in [1.82, 2.24) is 10.0 Å². The van der Waals surface area contributed by atoms with Gasteiger partial charge in [0.2, 0.25) is 15.9 Å². The van der Waals surface area contributed by atoms with Crippen molar-refractivity contribution >= 4 is 15.9 Å². The summed E-state index contributed by atoms with van der Waals surface area (Å²) in [6.07, 6.45) is 1.30. The highest BCUT2D eigenvalue weighted by atomic mass is 32.2. The van der Waals surface area contributed by atoms with Crippen LogP contribution in [0.15, 0.2) is 23.1 Å². The van der Waals surface area contributed by atoms with Crippen LogP contribution in [-0.4, -0.2) is 27.4 Å². The van der Waals surface area contributed by atoms with Crippen LogP contribution >= 0.6 is 0 Å². The zero-order chi connectivity index (χ0) is 15.2. The molecule has 2 N–H and O–H groups in total. The van der Waals surface area contributed by atoms with Crippen molar-refractivity contribution in [2.75, 3.05) is 13.1 Å². The highest BCUT2D eigenvalue weighted by Crippen LogP contribution is 2.15. The second kappa shape index (κ2) is 7.35. The zero-order valence-corrected chi connectivity index (χ0v) is 12.4. The van der Waals surface area contributed by atoms with Crippen LogP contribution in [0.2, 0.25) is 0 Å². The van der Waals surface area contributed by atoms with Crippen LogP contribution < -0.4 is 10.0 Å². The summed E-state index contributed by atoms with van der Waals surface area (Å²) in [7, 11) is -3.62. The highest BCUT2D eigenvalue weighted by Gasteiger charge is 2.16. The summed E-state index contributed by atoms with van der Waals surface area (Å²) in [5, 5.41) is 2.63. The fourth-order valence-corrected chi connectivity index (χ4v) is 3.01. The number of halogens is 1. The summed E-state index contributed by atoms with van der Waals surface area (Å²) in [5.41, 5.74) is 0.371. The summed E-state index contributed by atoms with van der Waals surface area (Å²) >= 11 is 0. The minimum atomic E-state index is -3.62. The first kappa shape index (κ1) is 16.6. The number of sulfonamides is 1. The number of unbranched alkanes of at least 4 members (excludes halogenated alkanes) is 1. The molecule has 0 aliphatic heterocycles. The van der Waals surface area contributed by atoms with Crippen LogP contribution in [0.3, 0.4) is 0 Å². The molecule has 0 radical (unpaired) electrons. The number of benzene rings is 1. The molecule has 0 fully saturated rings. The lowest BCUT2D eigenvalue weighted by molar-refractivity contribution is -0.118. The molecule has 0 unspecified atom stereocenters. The zero-order valence-electron chi connectivity index (χ0n) is 11.6. The van der Waals surface area contributed by atoms with Crippen molar-refractivity contribution in [3.8, 4) is 0 Å². The number of hydrogen-bond donors (Lipinski definition) is 2. The molecule has 0 spiro atoms. The number of amides is 1. The van der Waals surface area contributed by atoms with Gasteiger partial charge in [-0.3, -0.25) is 4.79 Å². The van der Waals surface area contributed by atoms with Gasteiger partial charge in [0.1, 0.15) is 5.82 Å². The second-order valence-corrected chi connectivity index (χ2v) is 6.23. The average molecular weight is 302 g/mol. The molecule has 1 aromatic carbocycles. The first-order valence-electron chi connectivity index (χ1n) is 6.33. The van der Waals surface area contributed by atoms with Crippen molar-refractivity contribution in [2.45, 2.75) is 31.6 Å². The summed E-state index contributed by atoms with van der Waals surface area (Å²) in [6.45, 7) is 3.78. The van der Waals surface area contributed by atoms with Crippen LogP contribution in [-0.2, 0) is 14.8 Å². The van der Waals surface area contributed by atoms with Crippen LogP contribution in [0.4, 0.5) is 4.39 Å². The first-order valence-corrected chi connectivity index (χ1v) is 7.81. The van der Waals surface area contributed by atoms with E-state index in [2.05, 4.69) is 10.0 Å². The molecule has 5 nitrogen and oxygen atoms in total. The lowest BCUT2D eigenvalue weighted by Gasteiger charge is -2.09. The maximum Gasteiger partial charge on any atom is 0.240 e. The minimum Gasteiger partial charge on any atom is -0.356 e. The third kappa shape index (κ3) is 5.26. The molecule has 1 amide bonds. The molecule has 0 heterocycles. The number of nitrogens with one attached hydrogen (secondary N) is 2. The van der Waals surface area contributed by atoms with Crippen LogP contribution in [0.25, 0.3) is 0 Å². The number of rotatable bonds is 7. The van der Waals surface area contributed by atoms with Gasteiger partial charge in [0.15, 0.2) is 0 Å². The Morgan fingerprint density at radius 3 is 2.50 bits per heavy atom. The van der Waals surface area contributed by atoms with E-state index in [0.29, 0.717) is 24.9 Å². The van der Waals surface area contributed by atoms with Gasteiger partial charge >= 0.3 is 0 Å². The van der Waals surface area contributed by atoms with E-state index in [1.165, 1.54) is 19.1 Å². The average Bonchev–Trinajstić information content (AvgIpc) is 2.32. The summed E-state index contributed by atoms with van der Waals surface area (Å²) in [6, 6.07) is 3.56. The molecule has 0 saturated heterocycles. The van der Waals surface area contributed by atoms with Crippen molar-refractivity contribution in [3.63, 3.8) is 0 Å². The van der Waals surface area contributed by atoms with E-state index in [1.807, 2.05) is 0 Å². The Morgan fingerprint density at radius 1 is 1.25 bits per heavy atom. The van der Waals surface area contributed by atoms with E-state index in [-0.39, 0.29) is 17.3 Å². The molecule has 7 heteroatoms. The topological polar surface area (TPSA) is 75.3 Å². The fourth-order valence-electron chi connectivity index (χ4n) is 1.71. The molecule has 0 aromatic heterocycles. The number of carbonyl (C=O) groups is 1. The van der Waals surface area contributed by atoms with Crippen molar-refractivity contribution in [3.05, 3.63) is 29.6 Å². The Hall–Kier alpha value is -1.47. The summed E-state index contributed by atoms with van der Waals surface area (Å²) in [5.74, 6) is -0.565. The monoisotopic (exact) mass is 302 g/mol. The molecule has 0 aliphatic rings. The van der Waals surface area contributed by atoms with Gasteiger partial charge in [0.05, 0.1) is 4.90 Å². The second-order valence-electron chi connectivity index (χ2n) is 4.50. The van der Waals surface area contributed by atoms with E-state index in [1.54, 1.807) is 6.92 Å². The van der Waals surface area contributed by atoms with Gasteiger partial charge in [-0.1, -0.05) is 0 Å². The van der Waals surface area contributed by atoms with E-state index in [9.17, 15) is 17.6 Å². The van der Waals surface area contributed by atoms with Gasteiger partial charge in [0.25, 0.3) is 0 Å². The smallest absolute Gasteiger partial charge is 0.240 e. The standard InChI is InChI=1S/C13H19FN2O3S/c1-10-9-12(14)5-6-13(10)20(18,19)16-8-4-3-7-15-11(2)17/h5-6,9,16H,3-4,7-8H2,1-2H3,(H,15,17). The molecule has 0 bridgehead atoms.